The number of hydrogen-bond acceptors (Lipinski definition) is 7. The minimum atomic E-state index is -0.478. The molecule has 1 aliphatic heterocycles. The predicted octanol–water partition coefficient (Wildman–Crippen LogP) is 7.07. The number of benzene rings is 1. The maximum Gasteiger partial charge on any atom is 0.326 e. The van der Waals surface area contributed by atoms with Crippen LogP contribution in [0.4, 0.5) is 4.79 Å². The molecule has 0 saturated heterocycles. The zero-order valence-corrected chi connectivity index (χ0v) is 29.9. The van der Waals surface area contributed by atoms with E-state index >= 15 is 0 Å². The third kappa shape index (κ3) is 11.8. The van der Waals surface area contributed by atoms with Gasteiger partial charge in [-0.1, -0.05) is 48.5 Å². The highest BCUT2D eigenvalue weighted by Gasteiger charge is 2.28. The monoisotopic (exact) mass is 642 g/mol. The fourth-order valence-corrected chi connectivity index (χ4v) is 5.79. The van der Waals surface area contributed by atoms with Crippen molar-refractivity contribution in [1.29, 1.82) is 0 Å². The molecule has 2 heterocycles. The van der Waals surface area contributed by atoms with Crippen LogP contribution in [-0.2, 0) is 26.2 Å². The lowest BCUT2D eigenvalue weighted by atomic mass is 9.84. The number of amides is 3. The van der Waals surface area contributed by atoms with Crippen LogP contribution >= 0.6 is 11.3 Å². The summed E-state index contributed by atoms with van der Waals surface area (Å²) in [6, 6.07) is 3.94. The molecular weight excluding hydrogens is 588 g/mol. The normalized spacial score (nSPS) is 13.1. The fraction of sp³-hybridized carbons (Fsp3) is 0.600. The second-order valence-electron chi connectivity index (χ2n) is 13.0. The SMILES string of the molecule is CC(C)C.CCCN(CCCc1cnc(-c2cc(C)c(OC)c(C(C)(C)C)c2)s1)C(=O)CN1CC=CN(CC(=O)OCC)C1=O. The Morgan fingerprint density at radius 3 is 2.40 bits per heavy atom. The molecule has 0 aliphatic carbocycles. The zero-order chi connectivity index (χ0) is 33.7. The van der Waals surface area contributed by atoms with Gasteiger partial charge in [0.05, 0.1) is 13.7 Å². The maximum atomic E-state index is 13.2. The number of carbonyl (C=O) groups is 3. The van der Waals surface area contributed by atoms with Crippen molar-refractivity contribution in [2.45, 2.75) is 87.0 Å². The molecular formula is C35H54N4O5S. The number of nitrogens with zero attached hydrogens (tertiary/aromatic N) is 4. The van der Waals surface area contributed by atoms with Crippen LogP contribution in [0.25, 0.3) is 10.6 Å². The second kappa shape index (κ2) is 17.9. The summed E-state index contributed by atoms with van der Waals surface area (Å²) in [6.45, 7) is 20.5. The Labute approximate surface area is 274 Å². The van der Waals surface area contributed by atoms with Gasteiger partial charge in [-0.2, -0.15) is 0 Å². The summed E-state index contributed by atoms with van der Waals surface area (Å²) < 4.78 is 10.7. The van der Waals surface area contributed by atoms with Crippen molar-refractivity contribution in [3.8, 4) is 16.3 Å². The number of aryl methyl sites for hydroxylation is 2. The lowest BCUT2D eigenvalue weighted by Crippen LogP contribution is -2.50. The van der Waals surface area contributed by atoms with Gasteiger partial charge in [0, 0.05) is 48.0 Å². The summed E-state index contributed by atoms with van der Waals surface area (Å²) in [5.41, 5.74) is 3.28. The first kappa shape index (κ1) is 37.8. The van der Waals surface area contributed by atoms with Crippen molar-refractivity contribution < 1.29 is 23.9 Å². The van der Waals surface area contributed by atoms with Crippen molar-refractivity contribution in [3.05, 3.63) is 46.6 Å². The molecule has 250 valence electrons. The summed E-state index contributed by atoms with van der Waals surface area (Å²) in [4.78, 5) is 48.3. The highest BCUT2D eigenvalue weighted by Crippen LogP contribution is 2.38. The van der Waals surface area contributed by atoms with Gasteiger partial charge in [-0.25, -0.2) is 9.78 Å². The maximum absolute atomic E-state index is 13.2. The number of hydrogen-bond donors (Lipinski definition) is 0. The van der Waals surface area contributed by atoms with Gasteiger partial charge in [0.2, 0.25) is 5.91 Å². The lowest BCUT2D eigenvalue weighted by molar-refractivity contribution is -0.143. The molecule has 3 rings (SSSR count). The van der Waals surface area contributed by atoms with Crippen LogP contribution < -0.4 is 4.74 Å². The third-order valence-corrected chi connectivity index (χ3v) is 7.95. The Morgan fingerprint density at radius 2 is 1.80 bits per heavy atom. The topological polar surface area (TPSA) is 92.3 Å². The summed E-state index contributed by atoms with van der Waals surface area (Å²) in [6.07, 6.45) is 7.71. The Kier molecular flexibility index (Phi) is 15.1. The van der Waals surface area contributed by atoms with E-state index in [1.54, 1.807) is 37.6 Å². The van der Waals surface area contributed by atoms with Gasteiger partial charge in [0.25, 0.3) is 0 Å². The van der Waals surface area contributed by atoms with Crippen molar-refractivity contribution in [2.24, 2.45) is 5.92 Å². The number of thiazole rings is 1. The van der Waals surface area contributed by atoms with Crippen molar-refractivity contribution >= 4 is 29.2 Å². The molecule has 0 radical (unpaired) electrons. The van der Waals surface area contributed by atoms with Gasteiger partial charge in [-0.3, -0.25) is 14.5 Å². The van der Waals surface area contributed by atoms with Crippen LogP contribution in [0.1, 0.15) is 84.2 Å². The predicted molar refractivity (Wildman–Crippen MR) is 183 cm³/mol. The van der Waals surface area contributed by atoms with Gasteiger partial charge in [-0.15, -0.1) is 11.3 Å². The van der Waals surface area contributed by atoms with Crippen LogP contribution in [0.15, 0.2) is 30.6 Å². The Bertz CT molecular complexity index is 1290. The highest BCUT2D eigenvalue weighted by molar-refractivity contribution is 7.15. The third-order valence-electron chi connectivity index (χ3n) is 6.84. The Hall–Kier alpha value is -3.40. The van der Waals surface area contributed by atoms with Crippen LogP contribution in [0.5, 0.6) is 5.75 Å². The van der Waals surface area contributed by atoms with Gasteiger partial charge in [0.15, 0.2) is 0 Å². The minimum Gasteiger partial charge on any atom is -0.496 e. The van der Waals surface area contributed by atoms with E-state index in [1.807, 2.05) is 18.0 Å². The summed E-state index contributed by atoms with van der Waals surface area (Å²) >= 11 is 1.68. The first-order valence-electron chi connectivity index (χ1n) is 16.0. The molecule has 0 spiro atoms. The van der Waals surface area contributed by atoms with E-state index < -0.39 is 5.97 Å². The van der Waals surface area contributed by atoms with E-state index in [9.17, 15) is 14.4 Å². The van der Waals surface area contributed by atoms with E-state index in [2.05, 4.69) is 60.6 Å². The van der Waals surface area contributed by atoms with E-state index in [0.717, 1.165) is 52.6 Å². The van der Waals surface area contributed by atoms with Crippen LogP contribution in [0.2, 0.25) is 0 Å². The number of methoxy groups -OCH3 is 1. The first-order valence-corrected chi connectivity index (χ1v) is 16.8. The lowest BCUT2D eigenvalue weighted by Gasteiger charge is -2.32. The van der Waals surface area contributed by atoms with E-state index in [4.69, 9.17) is 14.5 Å². The zero-order valence-electron chi connectivity index (χ0n) is 29.1. The number of urea groups is 1. The van der Waals surface area contributed by atoms with Gasteiger partial charge in [0.1, 0.15) is 23.8 Å². The van der Waals surface area contributed by atoms with Crippen molar-refractivity contribution in [2.75, 3.05) is 46.4 Å². The van der Waals surface area contributed by atoms with E-state index in [0.29, 0.717) is 19.6 Å². The number of aromatic nitrogens is 1. The van der Waals surface area contributed by atoms with Gasteiger partial charge >= 0.3 is 12.0 Å². The molecule has 0 bridgehead atoms. The molecule has 2 aromatic rings. The summed E-state index contributed by atoms with van der Waals surface area (Å²) in [5.74, 6) is 1.18. The molecule has 45 heavy (non-hydrogen) atoms. The molecule has 1 aliphatic rings. The fourth-order valence-electron chi connectivity index (χ4n) is 4.84. The van der Waals surface area contributed by atoms with Gasteiger partial charge in [-0.05, 0) is 68.2 Å². The average Bonchev–Trinajstić information content (AvgIpc) is 3.42. The molecule has 0 fully saturated rings. The summed E-state index contributed by atoms with van der Waals surface area (Å²) in [7, 11) is 1.72. The second-order valence-corrected chi connectivity index (χ2v) is 14.1. The van der Waals surface area contributed by atoms with Crippen LogP contribution in [0.3, 0.4) is 0 Å². The Balaban J connectivity index is 0.00000166. The number of carbonyl (C=O) groups excluding carboxylic acids is 3. The quantitative estimate of drug-likeness (QED) is 0.217. The number of ether oxygens (including phenoxy) is 2. The molecule has 0 unspecified atom stereocenters. The largest absolute Gasteiger partial charge is 0.496 e. The molecule has 1 aromatic carbocycles. The first-order chi connectivity index (χ1) is 21.2. The van der Waals surface area contributed by atoms with E-state index in [1.165, 1.54) is 14.7 Å². The highest BCUT2D eigenvalue weighted by atomic mass is 32.1. The van der Waals surface area contributed by atoms with Crippen molar-refractivity contribution in [3.63, 3.8) is 0 Å². The molecule has 9 nitrogen and oxygen atoms in total. The molecule has 3 amide bonds. The number of esters is 1. The molecule has 0 saturated carbocycles. The molecule has 1 aromatic heterocycles. The molecule has 0 N–H and O–H groups in total. The van der Waals surface area contributed by atoms with Gasteiger partial charge < -0.3 is 19.3 Å². The number of rotatable bonds is 13. The standard InChI is InChI=1S/C31H44N4O5S.C4H10/c1-8-13-33(26(36)20-34-15-11-16-35(30(34)38)21-27(37)40-9-2)14-10-12-24-19-32-29(41-24)23-17-22(3)28(39-7)25(18-23)31(4,5)6;1-4(2)3/h11,16-19H,8-10,12-15,20-21H2,1-7H3;4H,1-3H3. The molecule has 10 heteroatoms. The summed E-state index contributed by atoms with van der Waals surface area (Å²) in [5, 5.41) is 0.974. The minimum absolute atomic E-state index is 0.0276. The van der Waals surface area contributed by atoms with Crippen LogP contribution in [-0.4, -0.2) is 84.0 Å². The Morgan fingerprint density at radius 1 is 1.11 bits per heavy atom. The average molecular weight is 643 g/mol. The van der Waals surface area contributed by atoms with Crippen molar-refractivity contribution in [1.82, 2.24) is 19.7 Å². The smallest absolute Gasteiger partial charge is 0.326 e. The van der Waals surface area contributed by atoms with Crippen LogP contribution in [0, 0.1) is 12.8 Å². The molecule has 0 atom stereocenters. The van der Waals surface area contributed by atoms with E-state index in [-0.39, 0.29) is 37.0 Å².